The molecule has 1 aliphatic heterocycles. The van der Waals surface area contributed by atoms with Gasteiger partial charge < -0.3 is 4.90 Å². The van der Waals surface area contributed by atoms with Crippen molar-refractivity contribution in [2.75, 3.05) is 20.1 Å². The van der Waals surface area contributed by atoms with Gasteiger partial charge in [0.15, 0.2) is 0 Å². The predicted molar refractivity (Wildman–Crippen MR) is 36.2 cm³/mol. The van der Waals surface area contributed by atoms with E-state index in [9.17, 15) is 8.42 Å². The summed E-state index contributed by atoms with van der Waals surface area (Å²) in [5.41, 5.74) is 0. The Morgan fingerprint density at radius 1 is 1.56 bits per heavy atom. The average molecular weight is 149 g/mol. The van der Waals surface area contributed by atoms with Crippen molar-refractivity contribution in [3.8, 4) is 0 Å². The number of rotatable bonds is 1. The largest absolute Gasteiger partial charge is 0.305 e. The number of thiol groups is 1. The molecule has 0 spiro atoms. The molecule has 4 heteroatoms. The molecule has 1 fully saturated rings. The molecule has 3 nitrogen and oxygen atoms in total. The second-order valence-electron chi connectivity index (χ2n) is 2.49. The van der Waals surface area contributed by atoms with Crippen LogP contribution >= 0.6 is 0 Å². The fourth-order valence-electron chi connectivity index (χ4n) is 1.08. The monoisotopic (exact) mass is 149 g/mol. The van der Waals surface area contributed by atoms with E-state index < -0.39 is 10.7 Å². The van der Waals surface area contributed by atoms with Gasteiger partial charge in [-0.3, -0.25) is 0 Å². The topological polar surface area (TPSA) is 37.4 Å². The lowest BCUT2D eigenvalue weighted by Crippen LogP contribution is -2.17. The first-order valence-corrected chi connectivity index (χ1v) is 4.27. The van der Waals surface area contributed by atoms with E-state index in [1.165, 1.54) is 0 Å². The van der Waals surface area contributed by atoms with E-state index in [0.717, 1.165) is 19.5 Å². The Bertz CT molecular complexity index is 158. The van der Waals surface area contributed by atoms with Gasteiger partial charge in [-0.05, 0) is 20.0 Å². The molecular formula is C5H11NO2S. The SMILES string of the molecule is CN1CC[C@H]([SH](=O)=O)C1. The van der Waals surface area contributed by atoms with Gasteiger partial charge in [-0.2, -0.15) is 0 Å². The highest BCUT2D eigenvalue weighted by Gasteiger charge is 2.20. The molecule has 0 amide bonds. The molecule has 1 saturated heterocycles. The van der Waals surface area contributed by atoms with Gasteiger partial charge in [-0.1, -0.05) is 0 Å². The molecule has 9 heavy (non-hydrogen) atoms. The zero-order valence-electron chi connectivity index (χ0n) is 5.41. The fourth-order valence-corrected chi connectivity index (χ4v) is 1.82. The molecule has 0 radical (unpaired) electrons. The minimum absolute atomic E-state index is 0.0787. The van der Waals surface area contributed by atoms with Crippen LogP contribution in [-0.2, 0) is 10.7 Å². The van der Waals surface area contributed by atoms with E-state index in [1.807, 2.05) is 11.9 Å². The lowest BCUT2D eigenvalue weighted by molar-refractivity contribution is 0.418. The van der Waals surface area contributed by atoms with Crippen molar-refractivity contribution in [3.05, 3.63) is 0 Å². The highest BCUT2D eigenvalue weighted by molar-refractivity contribution is 7.73. The van der Waals surface area contributed by atoms with Gasteiger partial charge in [0.05, 0.1) is 5.25 Å². The first kappa shape index (κ1) is 7.02. The highest BCUT2D eigenvalue weighted by Crippen LogP contribution is 2.08. The van der Waals surface area contributed by atoms with Crippen LogP contribution in [0.5, 0.6) is 0 Å². The third-order valence-electron chi connectivity index (χ3n) is 1.66. The summed E-state index contributed by atoms with van der Waals surface area (Å²) in [5, 5.41) is -0.0787. The van der Waals surface area contributed by atoms with Gasteiger partial charge in [0, 0.05) is 6.54 Å². The van der Waals surface area contributed by atoms with Gasteiger partial charge in [0.25, 0.3) is 0 Å². The number of hydrogen-bond donors (Lipinski definition) is 1. The first-order valence-electron chi connectivity index (χ1n) is 3.02. The second kappa shape index (κ2) is 2.66. The minimum atomic E-state index is -2.17. The van der Waals surface area contributed by atoms with Crippen LogP contribution in [0.25, 0.3) is 0 Å². The van der Waals surface area contributed by atoms with Crippen molar-refractivity contribution < 1.29 is 8.42 Å². The van der Waals surface area contributed by atoms with Crippen molar-refractivity contribution >= 4 is 10.7 Å². The Morgan fingerprint density at radius 2 is 2.22 bits per heavy atom. The molecule has 54 valence electrons. The quantitative estimate of drug-likeness (QED) is 0.501. The molecule has 0 aliphatic carbocycles. The smallest absolute Gasteiger partial charge is 0.144 e. The van der Waals surface area contributed by atoms with Crippen LogP contribution in [0.1, 0.15) is 6.42 Å². The molecular weight excluding hydrogens is 138 g/mol. The molecule has 0 unspecified atom stereocenters. The van der Waals surface area contributed by atoms with Crippen LogP contribution in [0.3, 0.4) is 0 Å². The summed E-state index contributed by atoms with van der Waals surface area (Å²) in [7, 11) is -0.227. The van der Waals surface area contributed by atoms with E-state index in [1.54, 1.807) is 0 Å². The number of nitrogens with zero attached hydrogens (tertiary/aromatic N) is 1. The van der Waals surface area contributed by atoms with Crippen molar-refractivity contribution in [2.24, 2.45) is 0 Å². The van der Waals surface area contributed by atoms with E-state index in [-0.39, 0.29) is 5.25 Å². The van der Waals surface area contributed by atoms with Crippen molar-refractivity contribution in [1.82, 2.24) is 4.90 Å². The molecule has 0 saturated carbocycles. The number of likely N-dealkylation sites (tertiary alicyclic amines) is 1. The maximum absolute atomic E-state index is 10.4. The van der Waals surface area contributed by atoms with Crippen LogP contribution in [-0.4, -0.2) is 38.7 Å². The summed E-state index contributed by atoms with van der Waals surface area (Å²) >= 11 is 0. The predicted octanol–water partition coefficient (Wildman–Crippen LogP) is -0.698. The van der Waals surface area contributed by atoms with E-state index in [0.29, 0.717) is 0 Å². The van der Waals surface area contributed by atoms with Gasteiger partial charge in [-0.25, -0.2) is 8.42 Å². The highest BCUT2D eigenvalue weighted by atomic mass is 32.2. The Morgan fingerprint density at radius 3 is 2.44 bits per heavy atom. The Labute approximate surface area is 56.6 Å². The first-order chi connectivity index (χ1) is 4.20. The summed E-state index contributed by atoms with van der Waals surface area (Å²) in [6.45, 7) is 1.65. The molecule has 0 aromatic rings. The Kier molecular flexibility index (Phi) is 2.08. The third-order valence-corrected chi connectivity index (χ3v) is 2.68. The number of hydrogen-bond acceptors (Lipinski definition) is 3. The summed E-state index contributed by atoms with van der Waals surface area (Å²) in [6, 6.07) is 0. The van der Waals surface area contributed by atoms with E-state index >= 15 is 0 Å². The Hall–Kier alpha value is -0.0900. The molecule has 1 atom stereocenters. The summed E-state index contributed by atoms with van der Waals surface area (Å²) < 4.78 is 20.7. The molecule has 1 heterocycles. The zero-order chi connectivity index (χ0) is 6.85. The van der Waals surface area contributed by atoms with Crippen LogP contribution in [0, 0.1) is 0 Å². The van der Waals surface area contributed by atoms with Crippen LogP contribution in [0.2, 0.25) is 0 Å². The van der Waals surface area contributed by atoms with Gasteiger partial charge in [-0.15, -0.1) is 0 Å². The van der Waals surface area contributed by atoms with Gasteiger partial charge >= 0.3 is 0 Å². The third kappa shape index (κ3) is 1.66. The van der Waals surface area contributed by atoms with Crippen molar-refractivity contribution in [1.29, 1.82) is 0 Å². The lowest BCUT2D eigenvalue weighted by atomic mass is 10.4. The van der Waals surface area contributed by atoms with E-state index in [4.69, 9.17) is 0 Å². The molecule has 1 rings (SSSR count). The second-order valence-corrected chi connectivity index (χ2v) is 3.79. The Balaban J connectivity index is 2.48. The fraction of sp³-hybridized carbons (Fsp3) is 1.00. The zero-order valence-corrected chi connectivity index (χ0v) is 6.30. The van der Waals surface area contributed by atoms with Crippen LogP contribution < -0.4 is 0 Å². The summed E-state index contributed by atoms with van der Waals surface area (Å²) in [5.74, 6) is 0. The average Bonchev–Trinajstić information content (AvgIpc) is 2.14. The van der Waals surface area contributed by atoms with Crippen LogP contribution in [0.15, 0.2) is 0 Å². The van der Waals surface area contributed by atoms with Gasteiger partial charge in [0.2, 0.25) is 0 Å². The summed E-state index contributed by atoms with van der Waals surface area (Å²) in [4.78, 5) is 2.04. The maximum atomic E-state index is 10.4. The molecule has 0 bridgehead atoms. The standard InChI is InChI=1S/C5H11NO2S/c1-6-3-2-5(4-6)9(7)8/h5,9H,2-4H2,1H3/t5-/m0/s1. The van der Waals surface area contributed by atoms with Crippen molar-refractivity contribution in [2.45, 2.75) is 11.7 Å². The summed E-state index contributed by atoms with van der Waals surface area (Å²) in [6.07, 6.45) is 0.815. The van der Waals surface area contributed by atoms with Crippen molar-refractivity contribution in [3.63, 3.8) is 0 Å². The molecule has 1 aliphatic rings. The molecule has 0 aromatic carbocycles. The maximum Gasteiger partial charge on any atom is 0.144 e. The van der Waals surface area contributed by atoms with Gasteiger partial charge in [0.1, 0.15) is 10.7 Å². The molecule has 0 aromatic heterocycles. The van der Waals surface area contributed by atoms with Crippen LogP contribution in [0.4, 0.5) is 0 Å². The normalized spacial score (nSPS) is 29.8. The minimum Gasteiger partial charge on any atom is -0.305 e. The lowest BCUT2D eigenvalue weighted by Gasteiger charge is -2.03. The molecule has 0 N–H and O–H groups in total. The van der Waals surface area contributed by atoms with E-state index in [2.05, 4.69) is 0 Å².